The molecule has 0 atom stereocenters. The maximum absolute atomic E-state index is 13.3. The summed E-state index contributed by atoms with van der Waals surface area (Å²) in [6.07, 6.45) is 9.69. The fourth-order valence-corrected chi connectivity index (χ4v) is 4.53. The highest BCUT2D eigenvalue weighted by Crippen LogP contribution is 2.27. The summed E-state index contributed by atoms with van der Waals surface area (Å²) in [6.45, 7) is 0. The highest BCUT2D eigenvalue weighted by Gasteiger charge is 2.18. The first-order valence-electron chi connectivity index (χ1n) is 9.94. The summed E-state index contributed by atoms with van der Waals surface area (Å²) >= 11 is 0. The molecule has 0 fully saturated rings. The zero-order valence-corrected chi connectivity index (χ0v) is 18.2. The standard InChI is InChI=1S/C23H18N6O3S/c1-29-14-17(11-27-29)16-9-20-21(13-26-23(20)25-10-16)22(30)15-4-2-5-18(8-15)28-33(31,32)19-6-3-7-24-12-19/h2-14,28H,1H3,(H,25,26). The van der Waals surface area contributed by atoms with E-state index in [4.69, 9.17) is 0 Å². The largest absolute Gasteiger partial charge is 0.345 e. The van der Waals surface area contributed by atoms with Crippen molar-refractivity contribution in [2.45, 2.75) is 4.90 Å². The van der Waals surface area contributed by atoms with Gasteiger partial charge in [0.15, 0.2) is 5.78 Å². The van der Waals surface area contributed by atoms with Gasteiger partial charge in [0.2, 0.25) is 0 Å². The van der Waals surface area contributed by atoms with Crippen LogP contribution in [0.5, 0.6) is 0 Å². The van der Waals surface area contributed by atoms with Gasteiger partial charge in [0.25, 0.3) is 10.0 Å². The Bertz CT molecular complexity index is 1590. The molecule has 164 valence electrons. The minimum absolute atomic E-state index is 0.0346. The summed E-state index contributed by atoms with van der Waals surface area (Å²) in [5.74, 6) is -0.256. The van der Waals surface area contributed by atoms with Crippen molar-refractivity contribution in [2.24, 2.45) is 7.05 Å². The summed E-state index contributed by atoms with van der Waals surface area (Å²) in [7, 11) is -2.00. The highest BCUT2D eigenvalue weighted by molar-refractivity contribution is 7.92. The fraction of sp³-hybridized carbons (Fsp3) is 0.0435. The number of carbonyl (C=O) groups is 1. The van der Waals surface area contributed by atoms with E-state index < -0.39 is 10.0 Å². The van der Waals surface area contributed by atoms with Crippen LogP contribution in [0, 0.1) is 0 Å². The number of hydrogen-bond donors (Lipinski definition) is 2. The number of hydrogen-bond acceptors (Lipinski definition) is 6. The van der Waals surface area contributed by atoms with E-state index in [2.05, 4.69) is 24.8 Å². The Morgan fingerprint density at radius 2 is 1.94 bits per heavy atom. The van der Waals surface area contributed by atoms with Crippen molar-refractivity contribution in [2.75, 3.05) is 4.72 Å². The van der Waals surface area contributed by atoms with Gasteiger partial charge in [-0.05, 0) is 30.3 Å². The van der Waals surface area contributed by atoms with Crippen molar-refractivity contribution in [3.8, 4) is 11.1 Å². The number of anilines is 1. The lowest BCUT2D eigenvalue weighted by Gasteiger charge is -2.09. The minimum Gasteiger partial charge on any atom is -0.345 e. The molecule has 0 saturated heterocycles. The van der Waals surface area contributed by atoms with Crippen LogP contribution in [0.15, 0.2) is 84.5 Å². The van der Waals surface area contributed by atoms with E-state index in [0.717, 1.165) is 11.1 Å². The Balaban J connectivity index is 1.48. The van der Waals surface area contributed by atoms with E-state index >= 15 is 0 Å². The van der Waals surface area contributed by atoms with Crippen LogP contribution in [0.3, 0.4) is 0 Å². The van der Waals surface area contributed by atoms with Gasteiger partial charge in [-0.1, -0.05) is 12.1 Å². The molecule has 5 rings (SSSR count). The van der Waals surface area contributed by atoms with Crippen LogP contribution < -0.4 is 4.72 Å². The molecule has 0 saturated carbocycles. The summed E-state index contributed by atoms with van der Waals surface area (Å²) in [6, 6.07) is 11.2. The number of sulfonamides is 1. The molecule has 4 aromatic heterocycles. The Labute approximate surface area is 189 Å². The van der Waals surface area contributed by atoms with Crippen molar-refractivity contribution in [3.05, 3.63) is 90.8 Å². The lowest BCUT2D eigenvalue weighted by atomic mass is 10.0. The summed E-state index contributed by atoms with van der Waals surface area (Å²) in [4.78, 5) is 24.6. The van der Waals surface area contributed by atoms with Crippen molar-refractivity contribution < 1.29 is 13.2 Å². The van der Waals surface area contributed by atoms with Gasteiger partial charge in [0, 0.05) is 71.4 Å². The van der Waals surface area contributed by atoms with Crippen LogP contribution in [0.25, 0.3) is 22.2 Å². The van der Waals surface area contributed by atoms with Crippen LogP contribution in [-0.2, 0) is 17.1 Å². The Morgan fingerprint density at radius 1 is 1.06 bits per heavy atom. The SMILES string of the molecule is Cn1cc(-c2cnc3[nH]cc(C(=O)c4cccc(NS(=O)(=O)c5cccnc5)c4)c3c2)cn1. The zero-order chi connectivity index (χ0) is 23.0. The molecule has 0 bridgehead atoms. The van der Waals surface area contributed by atoms with Gasteiger partial charge in [-0.25, -0.2) is 13.4 Å². The number of H-pyrrole nitrogens is 1. The van der Waals surface area contributed by atoms with Crippen molar-refractivity contribution >= 4 is 32.5 Å². The Kier molecular flexibility index (Phi) is 4.98. The van der Waals surface area contributed by atoms with Crippen LogP contribution in [-0.4, -0.2) is 38.9 Å². The third-order valence-corrected chi connectivity index (χ3v) is 6.50. The number of nitrogens with one attached hydrogen (secondary N) is 2. The molecule has 0 aliphatic heterocycles. The predicted octanol–water partition coefficient (Wildman–Crippen LogP) is 3.39. The molecule has 0 radical (unpaired) electrons. The third-order valence-electron chi connectivity index (χ3n) is 5.14. The summed E-state index contributed by atoms with van der Waals surface area (Å²) in [5.41, 5.74) is 3.36. The number of pyridine rings is 2. The number of rotatable bonds is 6. The van der Waals surface area contributed by atoms with Gasteiger partial charge in [-0.3, -0.25) is 19.2 Å². The van der Waals surface area contributed by atoms with Crippen LogP contribution in [0.1, 0.15) is 15.9 Å². The number of nitrogens with zero attached hydrogens (tertiary/aromatic N) is 4. The third kappa shape index (κ3) is 3.99. The van der Waals surface area contributed by atoms with Crippen molar-refractivity contribution in [1.29, 1.82) is 0 Å². The number of benzene rings is 1. The maximum Gasteiger partial charge on any atom is 0.263 e. The Morgan fingerprint density at radius 3 is 2.70 bits per heavy atom. The van der Waals surface area contributed by atoms with Gasteiger partial charge in [0.05, 0.1) is 6.20 Å². The molecule has 4 heterocycles. The molecular formula is C23H18N6O3S. The lowest BCUT2D eigenvalue weighted by molar-refractivity contribution is 0.104. The van der Waals surface area contributed by atoms with Gasteiger partial charge >= 0.3 is 0 Å². The first-order valence-corrected chi connectivity index (χ1v) is 11.4. The summed E-state index contributed by atoms with van der Waals surface area (Å²) in [5, 5.41) is 4.85. The van der Waals surface area contributed by atoms with E-state index in [0.29, 0.717) is 22.2 Å². The molecular weight excluding hydrogens is 440 g/mol. The first-order chi connectivity index (χ1) is 15.9. The number of aromatic amines is 1. The number of aromatic nitrogens is 5. The predicted molar refractivity (Wildman–Crippen MR) is 123 cm³/mol. The smallest absolute Gasteiger partial charge is 0.263 e. The average molecular weight is 459 g/mol. The fourth-order valence-electron chi connectivity index (χ4n) is 3.52. The van der Waals surface area contributed by atoms with Crippen LogP contribution >= 0.6 is 0 Å². The molecule has 5 aromatic rings. The molecule has 1 aromatic carbocycles. The van der Waals surface area contributed by atoms with Crippen LogP contribution in [0.4, 0.5) is 5.69 Å². The normalized spacial score (nSPS) is 11.5. The molecule has 9 nitrogen and oxygen atoms in total. The van der Waals surface area contributed by atoms with Crippen molar-refractivity contribution in [1.82, 2.24) is 24.7 Å². The summed E-state index contributed by atoms with van der Waals surface area (Å²) < 4.78 is 29.4. The number of ketones is 1. The molecule has 0 aliphatic carbocycles. The van der Waals surface area contributed by atoms with E-state index in [1.54, 1.807) is 47.5 Å². The van der Waals surface area contributed by atoms with Gasteiger partial charge < -0.3 is 4.98 Å². The number of carbonyl (C=O) groups excluding carboxylic acids is 1. The minimum atomic E-state index is -3.83. The Hall–Kier alpha value is -4.31. The van der Waals surface area contributed by atoms with E-state index in [1.807, 2.05) is 19.3 Å². The maximum atomic E-state index is 13.3. The second kappa shape index (κ2) is 7.99. The quantitative estimate of drug-likeness (QED) is 0.376. The van der Waals surface area contributed by atoms with Gasteiger partial charge in [-0.2, -0.15) is 5.10 Å². The molecule has 10 heteroatoms. The monoisotopic (exact) mass is 458 g/mol. The molecule has 0 spiro atoms. The number of aryl methyl sites for hydroxylation is 1. The van der Waals surface area contributed by atoms with Crippen molar-refractivity contribution in [3.63, 3.8) is 0 Å². The molecule has 33 heavy (non-hydrogen) atoms. The zero-order valence-electron chi connectivity index (χ0n) is 17.4. The average Bonchev–Trinajstić information content (AvgIpc) is 3.45. The molecule has 0 aliphatic rings. The molecule has 0 amide bonds. The molecule has 0 unspecified atom stereocenters. The lowest BCUT2D eigenvalue weighted by Crippen LogP contribution is -2.13. The number of fused-ring (bicyclic) bond motifs is 1. The van der Waals surface area contributed by atoms with E-state index in [1.165, 1.54) is 24.5 Å². The first kappa shape index (κ1) is 20.6. The van der Waals surface area contributed by atoms with E-state index in [9.17, 15) is 13.2 Å². The second-order valence-corrected chi connectivity index (χ2v) is 9.11. The van der Waals surface area contributed by atoms with Gasteiger partial charge in [0.1, 0.15) is 10.5 Å². The topological polar surface area (TPSA) is 123 Å². The second-order valence-electron chi connectivity index (χ2n) is 7.43. The van der Waals surface area contributed by atoms with E-state index in [-0.39, 0.29) is 16.4 Å². The molecule has 2 N–H and O–H groups in total. The van der Waals surface area contributed by atoms with Gasteiger partial charge in [-0.15, -0.1) is 0 Å². The van der Waals surface area contributed by atoms with Crippen LogP contribution in [0.2, 0.25) is 0 Å². The highest BCUT2D eigenvalue weighted by atomic mass is 32.2.